The van der Waals surface area contributed by atoms with E-state index >= 15 is 0 Å². The van der Waals surface area contributed by atoms with Crippen LogP contribution in [-0.2, 0) is 4.74 Å². The average Bonchev–Trinajstić information content (AvgIpc) is 2.75. The number of ether oxygens (including phenoxy) is 1. The minimum absolute atomic E-state index is 0.166. The minimum atomic E-state index is -0.596. The Morgan fingerprint density at radius 1 is 1.00 bits per heavy atom. The summed E-state index contributed by atoms with van der Waals surface area (Å²) in [5, 5.41) is 14.8. The van der Waals surface area contributed by atoms with Crippen molar-refractivity contribution in [3.05, 3.63) is 30.1 Å². The van der Waals surface area contributed by atoms with Crippen molar-refractivity contribution >= 4 is 5.69 Å². The van der Waals surface area contributed by atoms with Crippen LogP contribution < -0.4 is 5.32 Å². The number of nitrogens with one attached hydrogen (secondary N) is 1. The van der Waals surface area contributed by atoms with Crippen LogP contribution in [0.1, 0.15) is 71.1 Å². The number of rotatable bonds is 4. The molecule has 0 heterocycles. The molecule has 2 N–H and O–H groups in total. The summed E-state index contributed by atoms with van der Waals surface area (Å²) in [6.45, 7) is 3.03. The summed E-state index contributed by atoms with van der Waals surface area (Å²) in [6.07, 6.45) is 12.1. The van der Waals surface area contributed by atoms with Gasteiger partial charge in [-0.15, -0.1) is 0 Å². The first-order chi connectivity index (χ1) is 14.9. The van der Waals surface area contributed by atoms with Crippen molar-refractivity contribution in [1.29, 1.82) is 0 Å². The molecule has 4 saturated carbocycles. The molecule has 4 aliphatic rings. The number of hydrogen-bond acceptors (Lipinski definition) is 3. The summed E-state index contributed by atoms with van der Waals surface area (Å²) in [4.78, 5) is 0. The predicted molar refractivity (Wildman–Crippen MR) is 122 cm³/mol. The largest absolute Gasteiger partial charge is 0.387 e. The summed E-state index contributed by atoms with van der Waals surface area (Å²) in [6, 6.07) is 7.40. The molecule has 4 fully saturated rings. The Bertz CT molecular complexity index is 769. The third kappa shape index (κ3) is 3.93. The second-order valence-corrected chi connectivity index (χ2v) is 11.5. The number of hydrogen-bond donors (Lipinski definition) is 2. The van der Waals surface area contributed by atoms with Crippen molar-refractivity contribution in [3.63, 3.8) is 0 Å². The number of methoxy groups -OCH3 is 1. The summed E-state index contributed by atoms with van der Waals surface area (Å²) in [7, 11) is 1.71. The van der Waals surface area contributed by atoms with Crippen molar-refractivity contribution in [2.75, 3.05) is 19.0 Å². The van der Waals surface area contributed by atoms with Crippen LogP contribution in [0, 0.1) is 40.8 Å². The molecule has 0 unspecified atom stereocenters. The Kier molecular flexibility index (Phi) is 5.83. The Morgan fingerprint density at radius 3 is 2.55 bits per heavy atom. The normalized spacial score (nSPS) is 44.6. The maximum atomic E-state index is 13.4. The molecule has 1 aromatic rings. The predicted octanol–water partition coefficient (Wildman–Crippen LogP) is 6.03. The minimum Gasteiger partial charge on any atom is -0.387 e. The molecule has 0 radical (unpaired) electrons. The van der Waals surface area contributed by atoms with Crippen LogP contribution in [0.3, 0.4) is 0 Å². The van der Waals surface area contributed by atoms with Gasteiger partial charge in [0.15, 0.2) is 0 Å². The highest BCUT2D eigenvalue weighted by molar-refractivity contribution is 5.44. The van der Waals surface area contributed by atoms with Gasteiger partial charge in [0.2, 0.25) is 0 Å². The summed E-state index contributed by atoms with van der Waals surface area (Å²) >= 11 is 0. The van der Waals surface area contributed by atoms with Gasteiger partial charge < -0.3 is 15.2 Å². The fourth-order valence-electron chi connectivity index (χ4n) is 8.54. The zero-order valence-electron chi connectivity index (χ0n) is 19.3. The summed E-state index contributed by atoms with van der Waals surface area (Å²) in [5.41, 5.74) is 0.788. The lowest BCUT2D eigenvalue weighted by Crippen LogP contribution is -2.57. The third-order valence-corrected chi connectivity index (χ3v) is 9.94. The fraction of sp³-hybridized carbons (Fsp3) is 0.778. The van der Waals surface area contributed by atoms with Gasteiger partial charge in [-0.1, -0.05) is 13.3 Å². The first-order valence-electron chi connectivity index (χ1n) is 12.7. The van der Waals surface area contributed by atoms with Crippen LogP contribution in [0.5, 0.6) is 0 Å². The Morgan fingerprint density at radius 2 is 1.77 bits per heavy atom. The van der Waals surface area contributed by atoms with Crippen molar-refractivity contribution in [2.24, 2.45) is 35.0 Å². The van der Waals surface area contributed by atoms with Crippen LogP contribution in [0.2, 0.25) is 0 Å². The zero-order valence-corrected chi connectivity index (χ0v) is 19.3. The monoisotopic (exact) mass is 429 g/mol. The van der Waals surface area contributed by atoms with Gasteiger partial charge in [-0.05, 0) is 117 Å². The van der Waals surface area contributed by atoms with E-state index in [-0.39, 0.29) is 5.82 Å². The van der Waals surface area contributed by atoms with E-state index in [0.717, 1.165) is 42.2 Å². The molecule has 1 aromatic carbocycles. The number of anilines is 1. The Balaban J connectivity index is 1.31. The molecule has 0 aromatic heterocycles. The molecule has 0 bridgehead atoms. The number of halogens is 1. The van der Waals surface area contributed by atoms with Crippen molar-refractivity contribution < 1.29 is 14.2 Å². The highest BCUT2D eigenvalue weighted by Crippen LogP contribution is 2.62. The van der Waals surface area contributed by atoms with Crippen LogP contribution in [0.15, 0.2) is 24.3 Å². The van der Waals surface area contributed by atoms with Crippen LogP contribution >= 0.6 is 0 Å². The Labute approximate surface area is 187 Å². The summed E-state index contributed by atoms with van der Waals surface area (Å²) < 4.78 is 18.7. The second kappa shape index (κ2) is 8.33. The van der Waals surface area contributed by atoms with E-state index in [4.69, 9.17) is 4.74 Å². The first kappa shape index (κ1) is 21.7. The quantitative estimate of drug-likeness (QED) is 0.614. The zero-order chi connectivity index (χ0) is 21.6. The van der Waals surface area contributed by atoms with E-state index in [0.29, 0.717) is 24.0 Å². The SMILES string of the molecule is COC[C@@]1(O)CC[C@H]2[C@@H](CC[C@@H]3[C@@H]2CC[C@]2(C)[C@@H](Nc4ccc(F)cc4)CCC[C@@H]32)C1. The van der Waals surface area contributed by atoms with Gasteiger partial charge >= 0.3 is 0 Å². The van der Waals surface area contributed by atoms with E-state index in [1.54, 1.807) is 19.2 Å². The molecular weight excluding hydrogens is 389 g/mol. The lowest BCUT2D eigenvalue weighted by Gasteiger charge is -2.61. The molecule has 4 aliphatic carbocycles. The van der Waals surface area contributed by atoms with E-state index in [1.807, 2.05) is 12.1 Å². The number of benzene rings is 1. The lowest BCUT2D eigenvalue weighted by atomic mass is 9.46. The molecule has 5 rings (SSSR count). The molecule has 0 amide bonds. The first-order valence-corrected chi connectivity index (χ1v) is 12.7. The van der Waals surface area contributed by atoms with Gasteiger partial charge in [0, 0.05) is 18.8 Å². The topological polar surface area (TPSA) is 41.5 Å². The van der Waals surface area contributed by atoms with Crippen LogP contribution in [0.4, 0.5) is 10.1 Å². The van der Waals surface area contributed by atoms with Gasteiger partial charge in [-0.25, -0.2) is 4.39 Å². The number of fused-ring (bicyclic) bond motifs is 5. The van der Waals surface area contributed by atoms with Gasteiger partial charge in [0.25, 0.3) is 0 Å². The van der Waals surface area contributed by atoms with E-state index in [1.165, 1.54) is 51.4 Å². The molecule has 8 atom stereocenters. The fourth-order valence-corrected chi connectivity index (χ4v) is 8.54. The maximum Gasteiger partial charge on any atom is 0.123 e. The van der Waals surface area contributed by atoms with E-state index in [2.05, 4.69) is 12.2 Å². The molecule has 0 aliphatic heterocycles. The molecule has 4 heteroatoms. The molecule has 172 valence electrons. The van der Waals surface area contributed by atoms with E-state index in [9.17, 15) is 9.50 Å². The van der Waals surface area contributed by atoms with Crippen molar-refractivity contribution in [2.45, 2.75) is 82.8 Å². The molecule has 0 spiro atoms. The molecule has 31 heavy (non-hydrogen) atoms. The molecular formula is C27H40FNO2. The van der Waals surface area contributed by atoms with Crippen molar-refractivity contribution in [3.8, 4) is 0 Å². The van der Waals surface area contributed by atoms with Gasteiger partial charge in [-0.2, -0.15) is 0 Å². The van der Waals surface area contributed by atoms with Crippen molar-refractivity contribution in [1.82, 2.24) is 0 Å². The van der Waals surface area contributed by atoms with E-state index < -0.39 is 5.60 Å². The van der Waals surface area contributed by atoms with Crippen LogP contribution in [0.25, 0.3) is 0 Å². The third-order valence-electron chi connectivity index (χ3n) is 9.94. The molecule has 3 nitrogen and oxygen atoms in total. The smallest absolute Gasteiger partial charge is 0.123 e. The number of aliphatic hydroxyl groups is 1. The van der Waals surface area contributed by atoms with Gasteiger partial charge in [-0.3, -0.25) is 0 Å². The maximum absolute atomic E-state index is 13.4. The Hall–Kier alpha value is -1.13. The van der Waals surface area contributed by atoms with Crippen LogP contribution in [-0.4, -0.2) is 30.5 Å². The summed E-state index contributed by atoms with van der Waals surface area (Å²) in [5.74, 6) is 3.78. The highest BCUT2D eigenvalue weighted by atomic mass is 19.1. The standard InChI is InChI=1S/C27H40FNO2/c1-26-14-12-22-21-13-15-27(30,17-31-2)16-18(21)6-11-23(22)24(26)4-3-5-25(26)29-20-9-7-19(28)8-10-20/h7-10,18,21-25,29-30H,3-6,11-17H2,1-2H3/t18-,21-,22+,23+,24-,25-,26-,27+/m0/s1. The molecule has 0 saturated heterocycles. The average molecular weight is 430 g/mol. The second-order valence-electron chi connectivity index (χ2n) is 11.5. The van der Waals surface area contributed by atoms with Gasteiger partial charge in [0.1, 0.15) is 5.82 Å². The highest BCUT2D eigenvalue weighted by Gasteiger charge is 2.56. The van der Waals surface area contributed by atoms with Gasteiger partial charge in [0.05, 0.1) is 12.2 Å². The lowest BCUT2D eigenvalue weighted by molar-refractivity contribution is -0.132.